The van der Waals surface area contributed by atoms with E-state index in [2.05, 4.69) is 20.6 Å². The summed E-state index contributed by atoms with van der Waals surface area (Å²) >= 11 is 0. The first-order chi connectivity index (χ1) is 10.6. The van der Waals surface area contributed by atoms with Gasteiger partial charge in [0.1, 0.15) is 5.82 Å². The van der Waals surface area contributed by atoms with Crippen LogP contribution in [0.5, 0.6) is 0 Å². The fourth-order valence-corrected chi connectivity index (χ4v) is 2.37. The number of anilines is 1. The molecule has 1 aromatic carbocycles. The normalized spacial score (nSPS) is 14.0. The van der Waals surface area contributed by atoms with Crippen molar-refractivity contribution in [3.63, 3.8) is 0 Å². The molecule has 0 spiro atoms. The van der Waals surface area contributed by atoms with Gasteiger partial charge >= 0.3 is 0 Å². The summed E-state index contributed by atoms with van der Waals surface area (Å²) in [6, 6.07) is 13.4. The van der Waals surface area contributed by atoms with Gasteiger partial charge in [-0.1, -0.05) is 30.3 Å². The van der Waals surface area contributed by atoms with Gasteiger partial charge in [-0.3, -0.25) is 0 Å². The highest BCUT2D eigenvalue weighted by molar-refractivity contribution is 5.43. The van der Waals surface area contributed by atoms with Crippen LogP contribution in [0.25, 0.3) is 5.65 Å². The minimum atomic E-state index is -0.870. The van der Waals surface area contributed by atoms with E-state index in [1.165, 1.54) is 0 Å². The molecule has 0 aliphatic carbocycles. The van der Waals surface area contributed by atoms with Crippen LogP contribution in [-0.2, 0) is 5.60 Å². The lowest BCUT2D eigenvalue weighted by molar-refractivity contribution is 0.0515. The van der Waals surface area contributed by atoms with Crippen LogP contribution in [0.1, 0.15) is 24.7 Å². The predicted octanol–water partition coefficient (Wildman–Crippen LogP) is 2.14. The number of rotatable bonds is 5. The third kappa shape index (κ3) is 2.92. The van der Waals surface area contributed by atoms with Gasteiger partial charge < -0.3 is 10.4 Å². The van der Waals surface area contributed by atoms with Crippen LogP contribution >= 0.6 is 0 Å². The van der Waals surface area contributed by atoms with Gasteiger partial charge in [-0.15, -0.1) is 15.3 Å². The summed E-state index contributed by atoms with van der Waals surface area (Å²) in [5, 5.41) is 26.2. The van der Waals surface area contributed by atoms with Gasteiger partial charge in [0.05, 0.1) is 5.60 Å². The van der Waals surface area contributed by atoms with Crippen LogP contribution in [-0.4, -0.2) is 31.5 Å². The van der Waals surface area contributed by atoms with E-state index < -0.39 is 5.60 Å². The molecule has 0 radical (unpaired) electrons. The van der Waals surface area contributed by atoms with E-state index in [4.69, 9.17) is 0 Å². The SMILES string of the molecule is Cc1nnc2ccc(NCCC(C)(O)c3ccccc3)nn12. The van der Waals surface area contributed by atoms with Crippen LogP contribution in [0.2, 0.25) is 0 Å². The Morgan fingerprint density at radius 3 is 2.68 bits per heavy atom. The van der Waals surface area contributed by atoms with Gasteiger partial charge in [-0.05, 0) is 38.0 Å². The molecule has 6 nitrogen and oxygen atoms in total. The topological polar surface area (TPSA) is 75.3 Å². The maximum atomic E-state index is 10.6. The van der Waals surface area contributed by atoms with Crippen molar-refractivity contribution in [1.29, 1.82) is 0 Å². The molecule has 22 heavy (non-hydrogen) atoms. The fraction of sp³-hybridized carbons (Fsp3) is 0.312. The number of aryl methyl sites for hydroxylation is 1. The second kappa shape index (κ2) is 5.73. The summed E-state index contributed by atoms with van der Waals surface area (Å²) in [6.45, 7) is 4.29. The molecule has 0 aliphatic rings. The highest BCUT2D eigenvalue weighted by Crippen LogP contribution is 2.23. The maximum Gasteiger partial charge on any atom is 0.178 e. The highest BCUT2D eigenvalue weighted by Gasteiger charge is 2.22. The van der Waals surface area contributed by atoms with Crippen LogP contribution in [0, 0.1) is 6.92 Å². The molecule has 0 saturated heterocycles. The quantitative estimate of drug-likeness (QED) is 0.754. The van der Waals surface area contributed by atoms with Crippen molar-refractivity contribution in [3.05, 3.63) is 53.9 Å². The zero-order chi connectivity index (χ0) is 15.6. The molecule has 1 atom stereocenters. The van der Waals surface area contributed by atoms with Crippen molar-refractivity contribution in [2.24, 2.45) is 0 Å². The first-order valence-electron chi connectivity index (χ1n) is 7.27. The number of aromatic nitrogens is 4. The molecule has 2 aromatic heterocycles. The van der Waals surface area contributed by atoms with Crippen molar-refractivity contribution in [1.82, 2.24) is 19.8 Å². The Kier molecular flexibility index (Phi) is 3.77. The van der Waals surface area contributed by atoms with Crippen LogP contribution < -0.4 is 5.32 Å². The molecule has 3 rings (SSSR count). The van der Waals surface area contributed by atoms with Crippen molar-refractivity contribution >= 4 is 11.5 Å². The van der Waals surface area contributed by atoms with Gasteiger partial charge in [0, 0.05) is 6.54 Å². The van der Waals surface area contributed by atoms with E-state index in [1.807, 2.05) is 56.3 Å². The molecule has 0 fully saturated rings. The average molecular weight is 297 g/mol. The lowest BCUT2D eigenvalue weighted by Gasteiger charge is -2.24. The van der Waals surface area contributed by atoms with Crippen LogP contribution in [0.3, 0.4) is 0 Å². The minimum absolute atomic E-state index is 0.581. The molecule has 0 bridgehead atoms. The molecule has 3 aromatic rings. The third-order valence-corrected chi connectivity index (χ3v) is 3.73. The molecule has 2 heterocycles. The Morgan fingerprint density at radius 2 is 1.91 bits per heavy atom. The van der Waals surface area contributed by atoms with E-state index in [0.29, 0.717) is 13.0 Å². The highest BCUT2D eigenvalue weighted by atomic mass is 16.3. The Balaban J connectivity index is 1.65. The van der Waals surface area contributed by atoms with Gasteiger partial charge in [0.2, 0.25) is 0 Å². The number of nitrogens with one attached hydrogen (secondary N) is 1. The molecule has 2 N–H and O–H groups in total. The van der Waals surface area contributed by atoms with Crippen LogP contribution in [0.15, 0.2) is 42.5 Å². The van der Waals surface area contributed by atoms with Gasteiger partial charge in [-0.25, -0.2) is 0 Å². The first kappa shape index (κ1) is 14.5. The Morgan fingerprint density at radius 1 is 1.14 bits per heavy atom. The largest absolute Gasteiger partial charge is 0.385 e. The number of fused-ring (bicyclic) bond motifs is 1. The lowest BCUT2D eigenvalue weighted by atomic mass is 9.93. The van der Waals surface area contributed by atoms with Crippen molar-refractivity contribution in [2.75, 3.05) is 11.9 Å². The Hall–Kier alpha value is -2.47. The van der Waals surface area contributed by atoms with Crippen molar-refractivity contribution in [3.8, 4) is 0 Å². The molecule has 114 valence electrons. The second-order valence-corrected chi connectivity index (χ2v) is 5.55. The van der Waals surface area contributed by atoms with E-state index in [9.17, 15) is 5.11 Å². The number of benzene rings is 1. The van der Waals surface area contributed by atoms with Gasteiger partial charge in [0.15, 0.2) is 11.5 Å². The minimum Gasteiger partial charge on any atom is -0.385 e. The zero-order valence-electron chi connectivity index (χ0n) is 12.7. The Labute approximate surface area is 128 Å². The number of nitrogens with zero attached hydrogens (tertiary/aromatic N) is 4. The predicted molar refractivity (Wildman–Crippen MR) is 84.6 cm³/mol. The first-order valence-corrected chi connectivity index (χ1v) is 7.27. The summed E-state index contributed by atoms with van der Waals surface area (Å²) in [5.41, 5.74) is 0.763. The van der Waals surface area contributed by atoms with Gasteiger partial charge in [-0.2, -0.15) is 4.52 Å². The number of aliphatic hydroxyl groups is 1. The molecule has 6 heteroatoms. The molecular weight excluding hydrogens is 278 g/mol. The smallest absolute Gasteiger partial charge is 0.178 e. The average Bonchev–Trinajstić information content (AvgIpc) is 2.89. The molecule has 1 unspecified atom stereocenters. The summed E-state index contributed by atoms with van der Waals surface area (Å²) in [7, 11) is 0. The lowest BCUT2D eigenvalue weighted by Crippen LogP contribution is -2.24. The zero-order valence-corrected chi connectivity index (χ0v) is 12.7. The van der Waals surface area contributed by atoms with E-state index in [-0.39, 0.29) is 0 Å². The van der Waals surface area contributed by atoms with E-state index >= 15 is 0 Å². The third-order valence-electron chi connectivity index (χ3n) is 3.73. The second-order valence-electron chi connectivity index (χ2n) is 5.55. The van der Waals surface area contributed by atoms with Crippen molar-refractivity contribution < 1.29 is 5.11 Å². The number of hydrogen-bond acceptors (Lipinski definition) is 5. The van der Waals surface area contributed by atoms with E-state index in [0.717, 1.165) is 22.9 Å². The summed E-state index contributed by atoms with van der Waals surface area (Å²) in [4.78, 5) is 0. The molecule has 0 aliphatic heterocycles. The van der Waals surface area contributed by atoms with Crippen molar-refractivity contribution in [2.45, 2.75) is 25.9 Å². The number of hydrogen-bond donors (Lipinski definition) is 2. The van der Waals surface area contributed by atoms with Gasteiger partial charge in [0.25, 0.3) is 0 Å². The molecular formula is C16H19N5O. The summed E-state index contributed by atoms with van der Waals surface area (Å²) in [6.07, 6.45) is 0.581. The van der Waals surface area contributed by atoms with E-state index in [1.54, 1.807) is 4.52 Å². The maximum absolute atomic E-state index is 10.6. The van der Waals surface area contributed by atoms with Crippen LogP contribution in [0.4, 0.5) is 5.82 Å². The standard InChI is InChI=1S/C16H19N5O/c1-12-18-19-15-9-8-14(20-21(12)15)17-11-10-16(2,22)13-6-4-3-5-7-13/h3-9,22H,10-11H2,1-2H3,(H,17,20). The monoisotopic (exact) mass is 297 g/mol. The fourth-order valence-electron chi connectivity index (χ4n) is 2.37. The summed E-state index contributed by atoms with van der Waals surface area (Å²) < 4.78 is 1.69. The molecule has 0 saturated carbocycles. The Bertz CT molecular complexity index is 767. The molecule has 0 amide bonds. The summed E-state index contributed by atoms with van der Waals surface area (Å²) in [5.74, 6) is 1.48.